The molecular formula is C21H18N4O2. The largest absolute Gasteiger partial charge is 0.496 e. The number of benzene rings is 2. The van der Waals surface area contributed by atoms with Gasteiger partial charge in [0.1, 0.15) is 5.75 Å². The summed E-state index contributed by atoms with van der Waals surface area (Å²) in [5, 5.41) is 2.91. The van der Waals surface area contributed by atoms with Crippen molar-refractivity contribution < 1.29 is 9.53 Å². The topological polar surface area (TPSA) is 68.5 Å². The average molecular weight is 358 g/mol. The predicted molar refractivity (Wildman–Crippen MR) is 103 cm³/mol. The van der Waals surface area contributed by atoms with Gasteiger partial charge in [0, 0.05) is 18.0 Å². The number of aromatic nitrogens is 3. The lowest BCUT2D eigenvalue weighted by Crippen LogP contribution is -2.23. The van der Waals surface area contributed by atoms with Crippen LogP contribution in [0.1, 0.15) is 17.0 Å². The molecule has 1 atom stereocenters. The van der Waals surface area contributed by atoms with Crippen LogP contribution in [0.15, 0.2) is 79.3 Å². The van der Waals surface area contributed by atoms with E-state index in [2.05, 4.69) is 15.3 Å². The van der Waals surface area contributed by atoms with Crippen molar-refractivity contribution >= 4 is 17.5 Å². The van der Waals surface area contributed by atoms with Crippen LogP contribution in [0.2, 0.25) is 0 Å². The van der Waals surface area contributed by atoms with Crippen LogP contribution in [0.5, 0.6) is 5.75 Å². The lowest BCUT2D eigenvalue weighted by atomic mass is 9.90. The monoisotopic (exact) mass is 358 g/mol. The molecule has 6 nitrogen and oxygen atoms in total. The molecule has 2 aromatic heterocycles. The van der Waals surface area contributed by atoms with Crippen molar-refractivity contribution in [3.8, 4) is 5.75 Å². The quantitative estimate of drug-likeness (QED) is 0.593. The summed E-state index contributed by atoms with van der Waals surface area (Å²) in [7, 11) is 1.60. The summed E-state index contributed by atoms with van der Waals surface area (Å²) in [6.45, 7) is 0. The van der Waals surface area contributed by atoms with Crippen molar-refractivity contribution in [1.82, 2.24) is 14.4 Å². The lowest BCUT2D eigenvalue weighted by Gasteiger charge is -2.19. The minimum absolute atomic E-state index is 0.186. The van der Waals surface area contributed by atoms with Crippen LogP contribution in [0.4, 0.5) is 5.82 Å². The van der Waals surface area contributed by atoms with E-state index in [1.165, 1.54) is 0 Å². The standard InChI is InChI=1S/C21H18N4O2/c1-27-17-11-6-5-10-16(17)19(15-8-3-2-4-9-15)20(26)23-18-14-25-13-7-12-22-21(25)24-18/h2-14,19H,1H3,(H,23,26). The number of nitrogens with zero attached hydrogens (tertiary/aromatic N) is 3. The van der Waals surface area contributed by atoms with Gasteiger partial charge in [0.25, 0.3) is 0 Å². The van der Waals surface area contributed by atoms with E-state index in [0.29, 0.717) is 17.3 Å². The zero-order chi connectivity index (χ0) is 18.6. The number of carbonyl (C=O) groups excluding carboxylic acids is 1. The summed E-state index contributed by atoms with van der Waals surface area (Å²) in [6, 6.07) is 19.0. The molecule has 0 saturated carbocycles. The SMILES string of the molecule is COc1ccccc1C(C(=O)Nc1cn2cccnc2n1)c1ccccc1. The minimum Gasteiger partial charge on any atom is -0.496 e. The molecule has 27 heavy (non-hydrogen) atoms. The highest BCUT2D eigenvalue weighted by atomic mass is 16.5. The Morgan fingerprint density at radius 3 is 2.63 bits per heavy atom. The number of nitrogens with one attached hydrogen (secondary N) is 1. The van der Waals surface area contributed by atoms with E-state index in [1.807, 2.05) is 66.9 Å². The summed E-state index contributed by atoms with van der Waals surface area (Å²) in [6.07, 6.45) is 5.24. The maximum atomic E-state index is 13.2. The molecule has 0 aliphatic heterocycles. The fourth-order valence-electron chi connectivity index (χ4n) is 3.11. The molecule has 0 saturated heterocycles. The first-order valence-corrected chi connectivity index (χ1v) is 8.54. The first-order chi connectivity index (χ1) is 13.3. The normalized spacial score (nSPS) is 11.9. The van der Waals surface area contributed by atoms with Crippen LogP contribution in [0.25, 0.3) is 5.78 Å². The second-order valence-corrected chi connectivity index (χ2v) is 6.03. The van der Waals surface area contributed by atoms with Crippen molar-refractivity contribution in [3.63, 3.8) is 0 Å². The molecule has 1 N–H and O–H groups in total. The van der Waals surface area contributed by atoms with Crippen LogP contribution < -0.4 is 10.1 Å². The van der Waals surface area contributed by atoms with Crippen molar-refractivity contribution in [1.29, 1.82) is 0 Å². The third-order valence-corrected chi connectivity index (χ3v) is 4.33. The second-order valence-electron chi connectivity index (χ2n) is 6.03. The third-order valence-electron chi connectivity index (χ3n) is 4.33. The maximum Gasteiger partial charge on any atom is 0.237 e. The Labute approximate surface area is 156 Å². The molecule has 6 heteroatoms. The number of rotatable bonds is 5. The number of fused-ring (bicyclic) bond motifs is 1. The van der Waals surface area contributed by atoms with Gasteiger partial charge < -0.3 is 10.1 Å². The smallest absolute Gasteiger partial charge is 0.237 e. The van der Waals surface area contributed by atoms with Gasteiger partial charge in [-0.3, -0.25) is 9.20 Å². The number of para-hydroxylation sites is 1. The Hall–Kier alpha value is -3.67. The van der Waals surface area contributed by atoms with Crippen LogP contribution in [-0.2, 0) is 4.79 Å². The molecule has 4 rings (SSSR count). The summed E-state index contributed by atoms with van der Waals surface area (Å²) in [4.78, 5) is 21.8. The first-order valence-electron chi connectivity index (χ1n) is 8.54. The average Bonchev–Trinajstić information content (AvgIpc) is 3.11. The van der Waals surface area contributed by atoms with Crippen molar-refractivity contribution in [2.24, 2.45) is 0 Å². The number of methoxy groups -OCH3 is 1. The molecule has 0 fully saturated rings. The Kier molecular flexibility index (Phi) is 4.53. The van der Waals surface area contributed by atoms with Gasteiger partial charge in [0.2, 0.25) is 11.7 Å². The van der Waals surface area contributed by atoms with Crippen LogP contribution in [0, 0.1) is 0 Å². The molecule has 2 aromatic carbocycles. The molecular weight excluding hydrogens is 340 g/mol. The van der Waals surface area contributed by atoms with Crippen LogP contribution >= 0.6 is 0 Å². The van der Waals surface area contributed by atoms with Gasteiger partial charge in [-0.2, -0.15) is 4.98 Å². The Balaban J connectivity index is 1.72. The summed E-state index contributed by atoms with van der Waals surface area (Å²) in [5.74, 6) is 0.934. The fourth-order valence-corrected chi connectivity index (χ4v) is 3.11. The number of hydrogen-bond donors (Lipinski definition) is 1. The van der Waals surface area contributed by atoms with Crippen molar-refractivity contribution in [3.05, 3.63) is 90.4 Å². The zero-order valence-corrected chi connectivity index (χ0v) is 14.7. The molecule has 134 valence electrons. The predicted octanol–water partition coefficient (Wildman–Crippen LogP) is 3.51. The Morgan fingerprint density at radius 2 is 1.85 bits per heavy atom. The van der Waals surface area contributed by atoms with Crippen molar-refractivity contribution in [2.75, 3.05) is 12.4 Å². The van der Waals surface area contributed by atoms with E-state index in [9.17, 15) is 4.79 Å². The Morgan fingerprint density at radius 1 is 1.07 bits per heavy atom. The molecule has 0 aliphatic carbocycles. The first kappa shape index (κ1) is 16.8. The molecule has 0 radical (unpaired) electrons. The summed E-state index contributed by atoms with van der Waals surface area (Å²) >= 11 is 0. The summed E-state index contributed by atoms with van der Waals surface area (Å²) in [5.41, 5.74) is 1.67. The van der Waals surface area contributed by atoms with Gasteiger partial charge in [0.15, 0.2) is 5.82 Å². The van der Waals surface area contributed by atoms with E-state index < -0.39 is 5.92 Å². The third kappa shape index (κ3) is 3.37. The molecule has 4 aromatic rings. The van der Waals surface area contributed by atoms with Crippen LogP contribution in [0.3, 0.4) is 0 Å². The minimum atomic E-state index is -0.528. The van der Waals surface area contributed by atoms with Gasteiger partial charge in [0.05, 0.1) is 19.2 Å². The van der Waals surface area contributed by atoms with Crippen LogP contribution in [-0.4, -0.2) is 27.4 Å². The van der Waals surface area contributed by atoms with Gasteiger partial charge in [-0.05, 0) is 17.7 Å². The second kappa shape index (κ2) is 7.29. The number of carbonyl (C=O) groups is 1. The molecule has 0 aliphatic rings. The highest BCUT2D eigenvalue weighted by molar-refractivity contribution is 5.98. The van der Waals surface area contributed by atoms with E-state index in [1.54, 1.807) is 23.9 Å². The zero-order valence-electron chi connectivity index (χ0n) is 14.7. The van der Waals surface area contributed by atoms with Crippen molar-refractivity contribution in [2.45, 2.75) is 5.92 Å². The van der Waals surface area contributed by atoms with Gasteiger partial charge >= 0.3 is 0 Å². The number of ether oxygens (including phenoxy) is 1. The molecule has 1 unspecified atom stereocenters. The molecule has 2 heterocycles. The van der Waals surface area contributed by atoms with E-state index in [0.717, 1.165) is 11.1 Å². The number of anilines is 1. The fraction of sp³-hybridized carbons (Fsp3) is 0.0952. The number of imidazole rings is 1. The highest BCUT2D eigenvalue weighted by Gasteiger charge is 2.26. The number of amides is 1. The summed E-state index contributed by atoms with van der Waals surface area (Å²) < 4.78 is 7.25. The molecule has 0 bridgehead atoms. The van der Waals surface area contributed by atoms with Gasteiger partial charge in [-0.15, -0.1) is 0 Å². The molecule has 1 amide bonds. The lowest BCUT2D eigenvalue weighted by molar-refractivity contribution is -0.116. The molecule has 0 spiro atoms. The van der Waals surface area contributed by atoms with E-state index in [4.69, 9.17) is 4.74 Å². The van der Waals surface area contributed by atoms with Gasteiger partial charge in [-0.1, -0.05) is 48.5 Å². The number of hydrogen-bond acceptors (Lipinski definition) is 4. The van der Waals surface area contributed by atoms with E-state index >= 15 is 0 Å². The Bertz CT molecular complexity index is 1040. The van der Waals surface area contributed by atoms with E-state index in [-0.39, 0.29) is 5.91 Å². The van der Waals surface area contributed by atoms with Gasteiger partial charge in [-0.25, -0.2) is 4.98 Å². The highest BCUT2D eigenvalue weighted by Crippen LogP contribution is 2.32. The maximum absolute atomic E-state index is 13.2.